The molecule has 3 N–H and O–H groups in total. The van der Waals surface area contributed by atoms with Crippen molar-refractivity contribution in [2.45, 2.75) is 90.8 Å². The Kier molecular flexibility index (Phi) is 8.34. The number of carbonyl (C=O) groups is 3. The number of carboxylic acids is 1. The van der Waals surface area contributed by atoms with Gasteiger partial charge in [0.15, 0.2) is 11.6 Å². The van der Waals surface area contributed by atoms with Crippen LogP contribution in [0.2, 0.25) is 0 Å². The van der Waals surface area contributed by atoms with Crippen molar-refractivity contribution < 1.29 is 33.4 Å². The number of methoxy groups -OCH3 is 1. The molecule has 2 bridgehead atoms. The molecule has 0 spiro atoms. The molecule has 3 aliphatic rings. The van der Waals surface area contributed by atoms with E-state index >= 15 is 0 Å². The molecule has 5 atom stereocenters. The van der Waals surface area contributed by atoms with Crippen LogP contribution in [0.25, 0.3) is 0 Å². The Labute approximate surface area is 234 Å². The number of hydrogen-bond acceptors (Lipinski definition) is 6. The molecule has 3 fully saturated rings. The van der Waals surface area contributed by atoms with Gasteiger partial charge in [0, 0.05) is 18.2 Å². The molecule has 2 amide bonds. The summed E-state index contributed by atoms with van der Waals surface area (Å²) < 4.78 is 26.2. The molecule has 0 saturated heterocycles. The van der Waals surface area contributed by atoms with Crippen LogP contribution in [0.4, 0.5) is 4.39 Å². The second kappa shape index (κ2) is 11.3. The van der Waals surface area contributed by atoms with Crippen LogP contribution >= 0.6 is 0 Å². The lowest BCUT2D eigenvalue weighted by Crippen LogP contribution is -2.53. The average molecular weight is 558 g/mol. The highest BCUT2D eigenvalue weighted by Crippen LogP contribution is 2.49. The van der Waals surface area contributed by atoms with Crippen molar-refractivity contribution in [2.75, 3.05) is 7.11 Å². The zero-order valence-electron chi connectivity index (χ0n) is 23.9. The summed E-state index contributed by atoms with van der Waals surface area (Å²) in [5.41, 5.74) is -1.46. The maximum atomic E-state index is 15.0. The molecule has 0 aliphatic heterocycles. The van der Waals surface area contributed by atoms with E-state index in [1.54, 1.807) is 27.7 Å². The fraction of sp³-hybridized carbons (Fsp3) is 0.667. The van der Waals surface area contributed by atoms with Gasteiger partial charge in [-0.25, -0.2) is 4.39 Å². The topological polar surface area (TPSA) is 138 Å². The number of fused-ring (bicyclic) bond motifs is 2. The van der Waals surface area contributed by atoms with Crippen molar-refractivity contribution in [3.63, 3.8) is 0 Å². The number of halogens is 1. The van der Waals surface area contributed by atoms with E-state index in [9.17, 15) is 29.1 Å². The van der Waals surface area contributed by atoms with Gasteiger partial charge in [-0.3, -0.25) is 14.4 Å². The second-order valence-electron chi connectivity index (χ2n) is 12.6. The van der Waals surface area contributed by atoms with Crippen LogP contribution < -0.4 is 20.1 Å². The van der Waals surface area contributed by atoms with Gasteiger partial charge < -0.3 is 25.2 Å². The number of carboxylic acid groups (broad SMARTS) is 1. The van der Waals surface area contributed by atoms with E-state index in [0.29, 0.717) is 25.7 Å². The molecule has 218 valence electrons. The Morgan fingerprint density at radius 1 is 1.15 bits per heavy atom. The molecule has 4 rings (SSSR count). The van der Waals surface area contributed by atoms with Crippen molar-refractivity contribution >= 4 is 17.8 Å². The maximum Gasteiger partial charge on any atom is 0.309 e. The maximum absolute atomic E-state index is 15.0. The summed E-state index contributed by atoms with van der Waals surface area (Å²) in [5, 5.41) is 25.0. The van der Waals surface area contributed by atoms with Crippen LogP contribution in [-0.4, -0.2) is 48.2 Å². The standard InChI is InChI=1S/C30H40FN3O6/c1-16(29(2,3)15-32)33-27(36)24-17-6-7-18(12-17)25(24)34-26(35)20-13-23(21(31)14-22(20)39-5)40-19-8-10-30(4,11-9-19)28(37)38/h13-14,16-19,24-25H,6-12H2,1-5H3,(H,33,36)(H,34,35)(H,37,38)/t16-,17+,18-,19-,24-,25+,30+/m0/s1. The lowest BCUT2D eigenvalue weighted by molar-refractivity contribution is -0.150. The van der Waals surface area contributed by atoms with E-state index < -0.39 is 40.5 Å². The first kappa shape index (κ1) is 29.6. The summed E-state index contributed by atoms with van der Waals surface area (Å²) in [7, 11) is 1.35. The van der Waals surface area contributed by atoms with Crippen LogP contribution in [0.3, 0.4) is 0 Å². The predicted molar refractivity (Wildman–Crippen MR) is 144 cm³/mol. The highest BCUT2D eigenvalue weighted by Gasteiger charge is 2.52. The fourth-order valence-corrected chi connectivity index (χ4v) is 6.40. The van der Waals surface area contributed by atoms with Gasteiger partial charge in [-0.05, 0) is 90.5 Å². The lowest BCUT2D eigenvalue weighted by atomic mass is 9.75. The van der Waals surface area contributed by atoms with Gasteiger partial charge in [0.25, 0.3) is 5.91 Å². The average Bonchev–Trinajstić information content (AvgIpc) is 3.52. The van der Waals surface area contributed by atoms with E-state index in [-0.39, 0.29) is 47.0 Å². The summed E-state index contributed by atoms with van der Waals surface area (Å²) in [5.74, 6) is -2.35. The van der Waals surface area contributed by atoms with Gasteiger partial charge >= 0.3 is 5.97 Å². The molecule has 40 heavy (non-hydrogen) atoms. The molecule has 10 heteroatoms. The molecule has 1 aromatic rings. The minimum atomic E-state index is -0.851. The number of rotatable bonds is 9. The normalized spacial score (nSPS) is 30.2. The van der Waals surface area contributed by atoms with E-state index in [0.717, 1.165) is 25.3 Å². The molecule has 3 aliphatic carbocycles. The number of nitrogens with zero attached hydrogens (tertiary/aromatic N) is 1. The second-order valence-corrected chi connectivity index (χ2v) is 12.6. The molecule has 9 nitrogen and oxygen atoms in total. The molecule has 0 heterocycles. The molecular formula is C30H40FN3O6. The summed E-state index contributed by atoms with van der Waals surface area (Å²) in [4.78, 5) is 38.5. The van der Waals surface area contributed by atoms with Gasteiger partial charge in [0.1, 0.15) is 5.75 Å². The lowest BCUT2D eigenvalue weighted by Gasteiger charge is -2.34. The number of benzene rings is 1. The summed E-state index contributed by atoms with van der Waals surface area (Å²) in [6, 6.07) is 3.91. The van der Waals surface area contributed by atoms with Crippen molar-refractivity contribution in [1.29, 1.82) is 5.26 Å². The first-order valence-electron chi connectivity index (χ1n) is 14.1. The minimum absolute atomic E-state index is 0.0537. The van der Waals surface area contributed by atoms with Gasteiger partial charge in [0.05, 0.1) is 41.6 Å². The summed E-state index contributed by atoms with van der Waals surface area (Å²) in [6.45, 7) is 7.06. The SMILES string of the molecule is COc1cc(F)c(O[C@H]2CC[C@@](C)(C(=O)O)CC2)cc1C(=O)N[C@@H]1[C@H]2CC[C@H](C2)[C@@H]1C(=O)N[C@@H](C)C(C)(C)C#N. The van der Waals surface area contributed by atoms with E-state index in [1.165, 1.54) is 13.2 Å². The van der Waals surface area contributed by atoms with Crippen LogP contribution in [0, 0.1) is 45.7 Å². The van der Waals surface area contributed by atoms with Gasteiger partial charge in [-0.15, -0.1) is 0 Å². The van der Waals surface area contributed by atoms with Crippen LogP contribution in [0.5, 0.6) is 11.5 Å². The molecular weight excluding hydrogens is 517 g/mol. The molecule has 0 radical (unpaired) electrons. The first-order valence-corrected chi connectivity index (χ1v) is 14.1. The van der Waals surface area contributed by atoms with Crippen molar-refractivity contribution in [3.05, 3.63) is 23.5 Å². The minimum Gasteiger partial charge on any atom is -0.496 e. The number of amides is 2. The predicted octanol–water partition coefficient (Wildman–Crippen LogP) is 4.45. The zero-order chi connectivity index (χ0) is 29.4. The third kappa shape index (κ3) is 5.74. The van der Waals surface area contributed by atoms with E-state index in [1.807, 2.05) is 0 Å². The van der Waals surface area contributed by atoms with Crippen LogP contribution in [0.15, 0.2) is 12.1 Å². The smallest absolute Gasteiger partial charge is 0.309 e. The third-order valence-corrected chi connectivity index (χ3v) is 9.59. The van der Waals surface area contributed by atoms with Crippen LogP contribution in [-0.2, 0) is 9.59 Å². The molecule has 0 aromatic heterocycles. The molecule has 1 aromatic carbocycles. The molecule has 0 unspecified atom stereocenters. The van der Waals surface area contributed by atoms with E-state index in [2.05, 4.69) is 16.7 Å². The Hall–Kier alpha value is -3.35. The summed E-state index contributed by atoms with van der Waals surface area (Å²) >= 11 is 0. The fourth-order valence-electron chi connectivity index (χ4n) is 6.40. The number of hydrogen-bond donors (Lipinski definition) is 3. The quantitative estimate of drug-likeness (QED) is 0.408. The Bertz CT molecular complexity index is 1200. The highest BCUT2D eigenvalue weighted by atomic mass is 19.1. The van der Waals surface area contributed by atoms with Gasteiger partial charge in [0.2, 0.25) is 5.91 Å². The van der Waals surface area contributed by atoms with Crippen molar-refractivity contribution in [1.82, 2.24) is 10.6 Å². The number of nitriles is 1. The number of aliphatic carboxylic acids is 1. The highest BCUT2D eigenvalue weighted by molar-refractivity contribution is 5.98. The third-order valence-electron chi connectivity index (χ3n) is 9.59. The van der Waals surface area contributed by atoms with Crippen molar-refractivity contribution in [2.24, 2.45) is 28.6 Å². The monoisotopic (exact) mass is 557 g/mol. The van der Waals surface area contributed by atoms with Crippen molar-refractivity contribution in [3.8, 4) is 17.6 Å². The number of carbonyl (C=O) groups excluding carboxylic acids is 2. The molecule has 3 saturated carbocycles. The Morgan fingerprint density at radius 2 is 1.80 bits per heavy atom. The Balaban J connectivity index is 1.50. The largest absolute Gasteiger partial charge is 0.496 e. The van der Waals surface area contributed by atoms with Crippen LogP contribution in [0.1, 0.15) is 83.0 Å². The van der Waals surface area contributed by atoms with E-state index in [4.69, 9.17) is 9.47 Å². The summed E-state index contributed by atoms with van der Waals surface area (Å²) in [6.07, 6.45) is 4.02. The van der Waals surface area contributed by atoms with Gasteiger partial charge in [-0.2, -0.15) is 5.26 Å². The van der Waals surface area contributed by atoms with Gasteiger partial charge in [-0.1, -0.05) is 0 Å². The zero-order valence-corrected chi connectivity index (χ0v) is 23.9. The first-order chi connectivity index (χ1) is 18.8. The number of ether oxygens (including phenoxy) is 2. The number of nitrogens with one attached hydrogen (secondary N) is 2. The Morgan fingerprint density at radius 3 is 2.40 bits per heavy atom.